The Labute approximate surface area is 147 Å². The predicted molar refractivity (Wildman–Crippen MR) is 94.7 cm³/mol. The molecule has 25 heavy (non-hydrogen) atoms. The number of aryl methyl sites for hydroxylation is 1. The first-order valence-electron chi connectivity index (χ1n) is 7.66. The molecule has 4 aromatic rings. The van der Waals surface area contributed by atoms with Gasteiger partial charge >= 0.3 is 0 Å². The number of fused-ring (bicyclic) bond motifs is 1. The zero-order valence-electron chi connectivity index (χ0n) is 13.4. The van der Waals surface area contributed by atoms with E-state index in [0.717, 1.165) is 15.7 Å². The van der Waals surface area contributed by atoms with Gasteiger partial charge in [-0.2, -0.15) is 0 Å². The third-order valence-electron chi connectivity index (χ3n) is 3.65. The van der Waals surface area contributed by atoms with E-state index in [4.69, 9.17) is 0 Å². The number of carbonyl (C=O) groups is 1. The number of pyridine rings is 1. The second-order valence-electron chi connectivity index (χ2n) is 5.41. The largest absolute Gasteiger partial charge is 0.345 e. The number of imidazole rings is 1. The predicted octanol–water partition coefficient (Wildman–Crippen LogP) is 2.51. The second-order valence-corrected chi connectivity index (χ2v) is 6.68. The van der Waals surface area contributed by atoms with Gasteiger partial charge in [0.1, 0.15) is 21.9 Å². The number of aromatic nitrogens is 5. The molecule has 0 unspecified atom stereocenters. The highest BCUT2D eigenvalue weighted by Crippen LogP contribution is 2.17. The van der Waals surface area contributed by atoms with Crippen LogP contribution in [0.5, 0.6) is 0 Å². The van der Waals surface area contributed by atoms with Crippen molar-refractivity contribution in [3.8, 4) is 5.69 Å². The molecule has 0 aliphatic heterocycles. The molecular weight excluding hydrogens is 336 g/mol. The van der Waals surface area contributed by atoms with Gasteiger partial charge < -0.3 is 5.32 Å². The molecule has 124 valence electrons. The lowest BCUT2D eigenvalue weighted by Crippen LogP contribution is -2.22. The highest BCUT2D eigenvalue weighted by Gasteiger charge is 2.12. The lowest BCUT2D eigenvalue weighted by atomic mass is 10.2. The molecule has 0 bridgehead atoms. The van der Waals surface area contributed by atoms with Crippen LogP contribution in [-0.2, 0) is 6.54 Å². The summed E-state index contributed by atoms with van der Waals surface area (Å²) in [5.74, 6) is -0.212. The Hall–Kier alpha value is -3.13. The molecule has 8 heteroatoms. The third kappa shape index (κ3) is 3.11. The van der Waals surface area contributed by atoms with E-state index in [-0.39, 0.29) is 5.91 Å². The molecule has 0 spiro atoms. The number of hydrogen-bond donors (Lipinski definition) is 1. The number of nitrogens with zero attached hydrogens (tertiary/aromatic N) is 5. The SMILES string of the molecule is Cc1nnc(CNC(=O)c2cnc3c(c2)ncn3-c2ccccc2)s1. The maximum absolute atomic E-state index is 12.3. The fraction of sp³-hybridized carbons (Fsp3) is 0.118. The van der Waals surface area contributed by atoms with Crippen LogP contribution in [0.2, 0.25) is 0 Å². The van der Waals surface area contributed by atoms with Gasteiger partial charge in [0.15, 0.2) is 5.65 Å². The molecular formula is C17H14N6OS. The molecule has 1 N–H and O–H groups in total. The lowest BCUT2D eigenvalue weighted by molar-refractivity contribution is 0.0950. The molecule has 0 saturated heterocycles. The summed E-state index contributed by atoms with van der Waals surface area (Å²) in [4.78, 5) is 21.1. The van der Waals surface area contributed by atoms with E-state index in [9.17, 15) is 4.79 Å². The Kier molecular flexibility index (Phi) is 3.95. The average molecular weight is 350 g/mol. The van der Waals surface area contributed by atoms with Crippen molar-refractivity contribution in [2.24, 2.45) is 0 Å². The fourth-order valence-electron chi connectivity index (χ4n) is 2.47. The van der Waals surface area contributed by atoms with Gasteiger partial charge in [0.05, 0.1) is 12.1 Å². The van der Waals surface area contributed by atoms with Crippen molar-refractivity contribution in [3.05, 3.63) is 64.5 Å². The monoisotopic (exact) mass is 350 g/mol. The molecule has 7 nitrogen and oxygen atoms in total. The van der Waals surface area contributed by atoms with E-state index in [1.165, 1.54) is 11.3 Å². The summed E-state index contributed by atoms with van der Waals surface area (Å²) in [6, 6.07) is 11.6. The highest BCUT2D eigenvalue weighted by atomic mass is 32.1. The smallest absolute Gasteiger partial charge is 0.253 e. The molecule has 4 rings (SSSR count). The summed E-state index contributed by atoms with van der Waals surface area (Å²) in [7, 11) is 0. The molecule has 0 saturated carbocycles. The first kappa shape index (κ1) is 15.4. The maximum atomic E-state index is 12.3. The van der Waals surface area contributed by atoms with Crippen LogP contribution < -0.4 is 5.32 Å². The fourth-order valence-corrected chi connectivity index (χ4v) is 3.12. The van der Waals surface area contributed by atoms with Gasteiger partial charge in [0.2, 0.25) is 0 Å². The first-order valence-corrected chi connectivity index (χ1v) is 8.48. The van der Waals surface area contributed by atoms with E-state index >= 15 is 0 Å². The van der Waals surface area contributed by atoms with Crippen molar-refractivity contribution in [1.82, 2.24) is 30.0 Å². The Balaban J connectivity index is 1.56. The van der Waals surface area contributed by atoms with Gasteiger partial charge in [-0.1, -0.05) is 29.5 Å². The van der Waals surface area contributed by atoms with Crippen molar-refractivity contribution < 1.29 is 4.79 Å². The van der Waals surface area contributed by atoms with Crippen LogP contribution in [0, 0.1) is 6.92 Å². The molecule has 1 amide bonds. The molecule has 0 radical (unpaired) electrons. The topological polar surface area (TPSA) is 85.6 Å². The van der Waals surface area contributed by atoms with Crippen molar-refractivity contribution in [2.45, 2.75) is 13.5 Å². The summed E-state index contributed by atoms with van der Waals surface area (Å²) >= 11 is 1.46. The van der Waals surface area contributed by atoms with Crippen LogP contribution in [-0.4, -0.2) is 30.6 Å². The van der Waals surface area contributed by atoms with Crippen LogP contribution >= 0.6 is 11.3 Å². The van der Waals surface area contributed by atoms with Crippen molar-refractivity contribution >= 4 is 28.4 Å². The van der Waals surface area contributed by atoms with Gasteiger partial charge in [-0.15, -0.1) is 10.2 Å². The van der Waals surface area contributed by atoms with Crippen LogP contribution in [0.25, 0.3) is 16.9 Å². The average Bonchev–Trinajstić information content (AvgIpc) is 3.26. The van der Waals surface area contributed by atoms with Crippen LogP contribution in [0.3, 0.4) is 0 Å². The minimum atomic E-state index is -0.212. The Morgan fingerprint density at radius 2 is 2.04 bits per heavy atom. The maximum Gasteiger partial charge on any atom is 0.253 e. The molecule has 1 aromatic carbocycles. The minimum absolute atomic E-state index is 0.212. The summed E-state index contributed by atoms with van der Waals surface area (Å²) in [6.07, 6.45) is 3.27. The number of hydrogen-bond acceptors (Lipinski definition) is 6. The third-order valence-corrected chi connectivity index (χ3v) is 4.49. The molecule has 3 aromatic heterocycles. The normalized spacial score (nSPS) is 10.9. The Morgan fingerprint density at radius 3 is 2.80 bits per heavy atom. The van der Waals surface area contributed by atoms with Gasteiger partial charge in [0.25, 0.3) is 5.91 Å². The van der Waals surface area contributed by atoms with Crippen LogP contribution in [0.15, 0.2) is 48.9 Å². The number of rotatable bonds is 4. The lowest BCUT2D eigenvalue weighted by Gasteiger charge is -2.04. The van der Waals surface area contributed by atoms with Crippen molar-refractivity contribution in [3.63, 3.8) is 0 Å². The number of benzene rings is 1. The van der Waals surface area contributed by atoms with E-state index in [1.807, 2.05) is 41.8 Å². The Bertz CT molecular complexity index is 1040. The summed E-state index contributed by atoms with van der Waals surface area (Å²) in [5.41, 5.74) is 2.82. The van der Waals surface area contributed by atoms with Crippen molar-refractivity contribution in [2.75, 3.05) is 0 Å². The molecule has 0 aliphatic carbocycles. The molecule has 0 aliphatic rings. The van der Waals surface area contributed by atoms with Gasteiger partial charge in [0, 0.05) is 11.9 Å². The number of nitrogens with one attached hydrogen (secondary N) is 1. The van der Waals surface area contributed by atoms with Gasteiger partial charge in [-0.25, -0.2) is 9.97 Å². The quantitative estimate of drug-likeness (QED) is 0.611. The van der Waals surface area contributed by atoms with E-state index < -0.39 is 0 Å². The number of amides is 1. The first-order chi connectivity index (χ1) is 12.2. The van der Waals surface area contributed by atoms with Crippen LogP contribution in [0.4, 0.5) is 0 Å². The Morgan fingerprint density at radius 1 is 1.20 bits per heavy atom. The van der Waals surface area contributed by atoms with E-state index in [1.54, 1.807) is 18.6 Å². The molecule has 0 atom stereocenters. The molecule has 3 heterocycles. The second kappa shape index (κ2) is 6.40. The highest BCUT2D eigenvalue weighted by molar-refractivity contribution is 7.11. The summed E-state index contributed by atoms with van der Waals surface area (Å²) in [6.45, 7) is 2.23. The zero-order valence-corrected chi connectivity index (χ0v) is 14.2. The van der Waals surface area contributed by atoms with Crippen molar-refractivity contribution in [1.29, 1.82) is 0 Å². The summed E-state index contributed by atoms with van der Waals surface area (Å²) < 4.78 is 1.89. The minimum Gasteiger partial charge on any atom is -0.345 e. The standard InChI is InChI=1S/C17H14N6OS/c1-11-21-22-15(25-11)9-19-17(24)12-7-14-16(18-8-12)23(10-20-14)13-5-3-2-4-6-13/h2-8,10H,9H2,1H3,(H,19,24). The molecule has 0 fully saturated rings. The number of para-hydroxylation sites is 1. The van der Waals surface area contributed by atoms with Gasteiger partial charge in [-0.3, -0.25) is 9.36 Å². The van der Waals surface area contributed by atoms with Gasteiger partial charge in [-0.05, 0) is 25.1 Å². The summed E-state index contributed by atoms with van der Waals surface area (Å²) in [5, 5.41) is 12.4. The van der Waals surface area contributed by atoms with E-state index in [0.29, 0.717) is 23.3 Å². The zero-order chi connectivity index (χ0) is 17.2. The number of carbonyl (C=O) groups excluding carboxylic acids is 1. The van der Waals surface area contributed by atoms with Crippen LogP contribution in [0.1, 0.15) is 20.4 Å². The van der Waals surface area contributed by atoms with E-state index in [2.05, 4.69) is 25.5 Å².